The van der Waals surface area contributed by atoms with Crippen molar-refractivity contribution in [2.45, 2.75) is 37.7 Å². The number of carboxylic acid groups (broad SMARTS) is 1. The minimum atomic E-state index is -3.51. The van der Waals surface area contributed by atoms with Gasteiger partial charge in [0.1, 0.15) is 24.3 Å². The number of carboxylic acids is 1. The fourth-order valence-electron chi connectivity index (χ4n) is 3.71. The van der Waals surface area contributed by atoms with Gasteiger partial charge in [0, 0.05) is 45.2 Å². The molecule has 5 N–H and O–H groups in total. The van der Waals surface area contributed by atoms with Gasteiger partial charge in [0.25, 0.3) is 5.97 Å². The van der Waals surface area contributed by atoms with E-state index >= 15 is 0 Å². The zero-order valence-electron chi connectivity index (χ0n) is 20.8. The molecule has 1 saturated heterocycles. The molecule has 1 aliphatic rings. The molecule has 2 aromatic carbocycles. The van der Waals surface area contributed by atoms with Crippen LogP contribution in [0.2, 0.25) is 0 Å². The van der Waals surface area contributed by atoms with E-state index in [1.165, 1.54) is 4.31 Å². The van der Waals surface area contributed by atoms with Crippen LogP contribution in [0.15, 0.2) is 53.4 Å². The molecule has 1 unspecified atom stereocenters. The van der Waals surface area contributed by atoms with Gasteiger partial charge in [0.05, 0.1) is 4.90 Å². The Bertz CT molecular complexity index is 1100. The first-order chi connectivity index (χ1) is 17.0. The van der Waals surface area contributed by atoms with Gasteiger partial charge in [-0.25, -0.2) is 8.42 Å². The average Bonchev–Trinajstić information content (AvgIpc) is 2.83. The number of benzene rings is 2. The SMILES string of the molecule is CC(=O)O.CCCc1ccc(S(=O)(=O)N2CCN(CC(O)COc3cccc(C(=N)N)c3)CC2)cc1. The van der Waals surface area contributed by atoms with Crippen molar-refractivity contribution in [2.75, 3.05) is 39.3 Å². The van der Waals surface area contributed by atoms with Gasteiger partial charge in [-0.05, 0) is 36.2 Å². The van der Waals surface area contributed by atoms with Gasteiger partial charge in [-0.3, -0.25) is 15.1 Å². The number of aryl methyl sites for hydroxylation is 1. The number of nitrogens with two attached hydrogens (primary N) is 1. The number of amidine groups is 1. The summed E-state index contributed by atoms with van der Waals surface area (Å²) in [5, 5.41) is 25.2. The third-order valence-electron chi connectivity index (χ3n) is 5.49. The second kappa shape index (κ2) is 13.9. The lowest BCUT2D eigenvalue weighted by Gasteiger charge is -2.34. The summed E-state index contributed by atoms with van der Waals surface area (Å²) in [6, 6.07) is 14.0. The second-order valence-electron chi connectivity index (χ2n) is 8.52. The van der Waals surface area contributed by atoms with Crippen LogP contribution < -0.4 is 10.5 Å². The van der Waals surface area contributed by atoms with Crippen molar-refractivity contribution in [2.24, 2.45) is 5.73 Å². The summed E-state index contributed by atoms with van der Waals surface area (Å²) >= 11 is 0. The third kappa shape index (κ3) is 9.23. The number of aliphatic hydroxyl groups excluding tert-OH is 1. The van der Waals surface area contributed by atoms with Gasteiger partial charge in [0.15, 0.2) is 0 Å². The van der Waals surface area contributed by atoms with Gasteiger partial charge in [0.2, 0.25) is 10.0 Å². The van der Waals surface area contributed by atoms with E-state index in [0.29, 0.717) is 48.9 Å². The van der Waals surface area contributed by atoms with Gasteiger partial charge >= 0.3 is 0 Å². The fraction of sp³-hybridized carbons (Fsp3) is 0.440. The molecule has 0 saturated carbocycles. The largest absolute Gasteiger partial charge is 0.491 e. The highest BCUT2D eigenvalue weighted by molar-refractivity contribution is 7.89. The highest BCUT2D eigenvalue weighted by Crippen LogP contribution is 2.19. The van der Waals surface area contributed by atoms with E-state index < -0.39 is 22.1 Å². The number of aliphatic hydroxyl groups is 1. The van der Waals surface area contributed by atoms with Crippen molar-refractivity contribution >= 4 is 21.8 Å². The topological polar surface area (TPSA) is 157 Å². The molecule has 10 nitrogen and oxygen atoms in total. The standard InChI is InChI=1S/C23H32N4O4S.C2H4O2/c1-2-4-18-7-9-22(10-8-18)32(29,30)27-13-11-26(12-14-27)16-20(28)17-31-21-6-3-5-19(15-21)23(24)25;1-2(3)4/h3,5-10,15,20,28H,2,4,11-14,16-17H2,1H3,(H3,24,25);1H3,(H,3,4). The number of ether oxygens (including phenoxy) is 1. The number of aliphatic carboxylic acids is 1. The molecule has 36 heavy (non-hydrogen) atoms. The monoisotopic (exact) mass is 520 g/mol. The molecular weight excluding hydrogens is 484 g/mol. The summed E-state index contributed by atoms with van der Waals surface area (Å²) in [4.78, 5) is 11.4. The van der Waals surface area contributed by atoms with E-state index in [1.54, 1.807) is 36.4 Å². The summed E-state index contributed by atoms with van der Waals surface area (Å²) < 4.78 is 33.0. The van der Waals surface area contributed by atoms with E-state index in [1.807, 2.05) is 17.0 Å². The Kier molecular flexibility index (Phi) is 11.3. The predicted molar refractivity (Wildman–Crippen MR) is 138 cm³/mol. The summed E-state index contributed by atoms with van der Waals surface area (Å²) in [5.74, 6) is -0.335. The van der Waals surface area contributed by atoms with Gasteiger partial charge in [-0.15, -0.1) is 0 Å². The second-order valence-corrected chi connectivity index (χ2v) is 10.5. The maximum atomic E-state index is 12.9. The Morgan fingerprint density at radius 1 is 1.14 bits per heavy atom. The molecule has 0 bridgehead atoms. The molecule has 3 rings (SSSR count). The van der Waals surface area contributed by atoms with E-state index in [-0.39, 0.29) is 12.4 Å². The zero-order chi connectivity index (χ0) is 26.7. The zero-order valence-corrected chi connectivity index (χ0v) is 21.6. The van der Waals surface area contributed by atoms with Crippen molar-refractivity contribution in [3.05, 3.63) is 59.7 Å². The minimum absolute atomic E-state index is 0.0410. The Morgan fingerprint density at radius 3 is 2.31 bits per heavy atom. The molecule has 0 amide bonds. The van der Waals surface area contributed by atoms with E-state index in [9.17, 15) is 13.5 Å². The Balaban J connectivity index is 0.00000106. The van der Waals surface area contributed by atoms with Crippen LogP contribution in [0.1, 0.15) is 31.4 Å². The number of nitrogens with zero attached hydrogens (tertiary/aromatic N) is 2. The van der Waals surface area contributed by atoms with Crippen molar-refractivity contribution in [1.29, 1.82) is 5.41 Å². The predicted octanol–water partition coefficient (Wildman–Crippen LogP) is 1.76. The molecule has 1 aliphatic heterocycles. The molecule has 0 spiro atoms. The number of sulfonamides is 1. The maximum Gasteiger partial charge on any atom is 0.300 e. The molecule has 2 aromatic rings. The average molecular weight is 521 g/mol. The first-order valence-corrected chi connectivity index (χ1v) is 13.2. The van der Waals surface area contributed by atoms with Gasteiger partial charge in [-0.2, -0.15) is 4.31 Å². The lowest BCUT2D eigenvalue weighted by Crippen LogP contribution is -2.50. The lowest BCUT2D eigenvalue weighted by molar-refractivity contribution is -0.134. The van der Waals surface area contributed by atoms with Crippen LogP contribution >= 0.6 is 0 Å². The molecule has 11 heteroatoms. The number of nitrogen functional groups attached to an aromatic ring is 1. The smallest absolute Gasteiger partial charge is 0.300 e. The van der Waals surface area contributed by atoms with Crippen LogP contribution in [-0.2, 0) is 21.2 Å². The summed E-state index contributed by atoms with van der Waals surface area (Å²) in [5.41, 5.74) is 7.19. The van der Waals surface area contributed by atoms with Crippen molar-refractivity contribution < 1.29 is 28.2 Å². The van der Waals surface area contributed by atoms with Crippen LogP contribution in [0.25, 0.3) is 0 Å². The number of hydrogen-bond acceptors (Lipinski definition) is 7. The molecular formula is C25H36N4O6S. The highest BCUT2D eigenvalue weighted by atomic mass is 32.2. The number of nitrogens with one attached hydrogen (secondary N) is 1. The first kappa shape index (κ1) is 29.2. The van der Waals surface area contributed by atoms with Crippen molar-refractivity contribution in [1.82, 2.24) is 9.21 Å². The Morgan fingerprint density at radius 2 is 1.75 bits per heavy atom. The number of rotatable bonds is 10. The fourth-order valence-corrected chi connectivity index (χ4v) is 5.14. The normalized spacial score (nSPS) is 15.4. The van der Waals surface area contributed by atoms with Crippen LogP contribution in [0.5, 0.6) is 5.75 Å². The summed E-state index contributed by atoms with van der Waals surface area (Å²) in [6.45, 7) is 5.53. The molecule has 198 valence electrons. The molecule has 1 fully saturated rings. The molecule has 1 atom stereocenters. The van der Waals surface area contributed by atoms with Crippen molar-refractivity contribution in [3.8, 4) is 5.75 Å². The van der Waals surface area contributed by atoms with E-state index in [0.717, 1.165) is 25.3 Å². The number of piperazine rings is 1. The Labute approximate surface area is 212 Å². The van der Waals surface area contributed by atoms with Gasteiger partial charge in [-0.1, -0.05) is 37.6 Å². The lowest BCUT2D eigenvalue weighted by atomic mass is 10.1. The molecule has 0 radical (unpaired) electrons. The number of hydrogen-bond donors (Lipinski definition) is 4. The maximum absolute atomic E-state index is 12.9. The van der Waals surface area contributed by atoms with E-state index in [4.69, 9.17) is 25.8 Å². The number of carbonyl (C=O) groups is 1. The Hall–Kier alpha value is -2.99. The minimum Gasteiger partial charge on any atom is -0.491 e. The molecule has 1 heterocycles. The molecule has 0 aromatic heterocycles. The van der Waals surface area contributed by atoms with Crippen LogP contribution in [-0.4, -0.2) is 85.1 Å². The van der Waals surface area contributed by atoms with Crippen LogP contribution in [0.3, 0.4) is 0 Å². The first-order valence-electron chi connectivity index (χ1n) is 11.8. The number of β-amino-alcohol motifs (C(OH)–C–C–N with tert-alkyl or cyclic N) is 1. The van der Waals surface area contributed by atoms with E-state index in [2.05, 4.69) is 6.92 Å². The summed E-state index contributed by atoms with van der Waals surface area (Å²) in [6.07, 6.45) is 1.24. The highest BCUT2D eigenvalue weighted by Gasteiger charge is 2.29. The molecule has 0 aliphatic carbocycles. The van der Waals surface area contributed by atoms with Crippen molar-refractivity contribution in [3.63, 3.8) is 0 Å². The van der Waals surface area contributed by atoms with Gasteiger partial charge < -0.3 is 20.7 Å². The summed E-state index contributed by atoms with van der Waals surface area (Å²) in [7, 11) is -3.51. The third-order valence-corrected chi connectivity index (χ3v) is 7.40. The quantitative estimate of drug-likeness (QED) is 0.273. The van der Waals surface area contributed by atoms with Crippen LogP contribution in [0.4, 0.5) is 0 Å². The van der Waals surface area contributed by atoms with Crippen LogP contribution in [0, 0.1) is 5.41 Å².